The fraction of sp³-hybridized carbons (Fsp3) is 0.200. The van der Waals surface area contributed by atoms with Gasteiger partial charge in [-0.2, -0.15) is 0 Å². The van der Waals surface area contributed by atoms with E-state index in [1.807, 2.05) is 0 Å². The van der Waals surface area contributed by atoms with Gasteiger partial charge in [-0.25, -0.2) is 8.78 Å². The van der Waals surface area contributed by atoms with Gasteiger partial charge in [0.2, 0.25) is 0 Å². The third-order valence-corrected chi connectivity index (χ3v) is 3.17. The Kier molecular flexibility index (Phi) is 4.93. The molecule has 0 aliphatic carbocycles. The maximum Gasteiger partial charge on any atom is 0.130 e. The quantitative estimate of drug-likeness (QED) is 0.903. The van der Waals surface area contributed by atoms with Crippen molar-refractivity contribution in [2.24, 2.45) is 0 Å². The van der Waals surface area contributed by atoms with Crippen LogP contribution in [0.1, 0.15) is 11.1 Å². The Morgan fingerprint density at radius 1 is 1.20 bits per heavy atom. The number of hydrogen-bond donors (Lipinski definition) is 1. The molecule has 5 heteroatoms. The van der Waals surface area contributed by atoms with E-state index in [2.05, 4.69) is 5.32 Å². The zero-order chi connectivity index (χ0) is 14.5. The standard InChI is InChI=1S/C15H14ClF2NO/c1-19-8-12-13(16)3-2-4-15(12)20-9-10-7-11(17)5-6-14(10)18/h2-7,19H,8-9H2,1H3. The van der Waals surface area contributed by atoms with Crippen LogP contribution in [0.5, 0.6) is 5.75 Å². The van der Waals surface area contributed by atoms with Crippen molar-refractivity contribution in [2.75, 3.05) is 7.05 Å². The number of rotatable bonds is 5. The van der Waals surface area contributed by atoms with E-state index in [4.69, 9.17) is 16.3 Å². The predicted molar refractivity (Wildman–Crippen MR) is 74.9 cm³/mol. The summed E-state index contributed by atoms with van der Waals surface area (Å²) in [6.45, 7) is 0.474. The van der Waals surface area contributed by atoms with Crippen LogP contribution in [-0.4, -0.2) is 7.05 Å². The van der Waals surface area contributed by atoms with Crippen LogP contribution in [0.3, 0.4) is 0 Å². The number of benzene rings is 2. The zero-order valence-electron chi connectivity index (χ0n) is 10.9. The van der Waals surface area contributed by atoms with Gasteiger partial charge < -0.3 is 10.1 Å². The Morgan fingerprint density at radius 3 is 2.75 bits per heavy atom. The van der Waals surface area contributed by atoms with Gasteiger partial charge in [0.25, 0.3) is 0 Å². The SMILES string of the molecule is CNCc1c(Cl)cccc1OCc1cc(F)ccc1F. The summed E-state index contributed by atoms with van der Waals surface area (Å²) in [7, 11) is 1.79. The van der Waals surface area contributed by atoms with Crippen LogP contribution < -0.4 is 10.1 Å². The molecule has 2 nitrogen and oxygen atoms in total. The molecule has 0 spiro atoms. The molecule has 2 aromatic rings. The average Bonchev–Trinajstić information content (AvgIpc) is 2.43. The normalized spacial score (nSPS) is 10.6. The van der Waals surface area contributed by atoms with Gasteiger partial charge in [0.05, 0.1) is 0 Å². The van der Waals surface area contributed by atoms with Crippen LogP contribution in [0, 0.1) is 11.6 Å². The van der Waals surface area contributed by atoms with Crippen molar-refractivity contribution in [3.63, 3.8) is 0 Å². The Labute approximate surface area is 121 Å². The van der Waals surface area contributed by atoms with Crippen molar-refractivity contribution in [1.29, 1.82) is 0 Å². The first kappa shape index (κ1) is 14.8. The van der Waals surface area contributed by atoms with E-state index in [-0.39, 0.29) is 12.2 Å². The summed E-state index contributed by atoms with van der Waals surface area (Å²) in [6.07, 6.45) is 0. The van der Waals surface area contributed by atoms with Gasteiger partial charge in [-0.15, -0.1) is 0 Å². The molecule has 0 aliphatic heterocycles. The molecule has 0 amide bonds. The molecular formula is C15H14ClF2NO. The van der Waals surface area contributed by atoms with E-state index in [0.29, 0.717) is 17.3 Å². The molecule has 0 saturated heterocycles. The summed E-state index contributed by atoms with van der Waals surface area (Å²) in [5, 5.41) is 3.55. The van der Waals surface area contributed by atoms with Crippen LogP contribution in [0.15, 0.2) is 36.4 Å². The van der Waals surface area contributed by atoms with Crippen LogP contribution in [0.2, 0.25) is 5.02 Å². The van der Waals surface area contributed by atoms with E-state index < -0.39 is 11.6 Å². The van der Waals surface area contributed by atoms with Crippen LogP contribution in [-0.2, 0) is 13.2 Å². The van der Waals surface area contributed by atoms with Gasteiger partial charge in [0, 0.05) is 22.7 Å². The minimum Gasteiger partial charge on any atom is -0.488 e. The van der Waals surface area contributed by atoms with Gasteiger partial charge >= 0.3 is 0 Å². The molecule has 106 valence electrons. The largest absolute Gasteiger partial charge is 0.488 e. The Morgan fingerprint density at radius 2 is 2.00 bits per heavy atom. The first-order valence-electron chi connectivity index (χ1n) is 6.10. The molecule has 0 saturated carbocycles. The topological polar surface area (TPSA) is 21.3 Å². The van der Waals surface area contributed by atoms with Crippen LogP contribution >= 0.6 is 11.6 Å². The molecule has 0 radical (unpaired) electrons. The molecule has 0 fully saturated rings. The third-order valence-electron chi connectivity index (χ3n) is 2.82. The second kappa shape index (κ2) is 6.68. The minimum atomic E-state index is -0.497. The molecule has 0 unspecified atom stereocenters. The Bertz CT molecular complexity index is 604. The van der Waals surface area contributed by atoms with Gasteiger partial charge in [0.15, 0.2) is 0 Å². The molecule has 1 N–H and O–H groups in total. The summed E-state index contributed by atoms with van der Waals surface area (Å²) >= 11 is 6.09. The van der Waals surface area contributed by atoms with Gasteiger partial charge in [-0.1, -0.05) is 17.7 Å². The Hall–Kier alpha value is -1.65. The number of hydrogen-bond acceptors (Lipinski definition) is 2. The molecule has 2 rings (SSSR count). The van der Waals surface area contributed by atoms with Gasteiger partial charge in [-0.3, -0.25) is 0 Å². The lowest BCUT2D eigenvalue weighted by Crippen LogP contribution is -2.08. The summed E-state index contributed by atoms with van der Waals surface area (Å²) in [6, 6.07) is 8.53. The van der Waals surface area contributed by atoms with Gasteiger partial charge in [-0.05, 0) is 37.4 Å². The summed E-state index contributed by atoms with van der Waals surface area (Å²) in [5.74, 6) is -0.439. The predicted octanol–water partition coefficient (Wildman–Crippen LogP) is 3.92. The van der Waals surface area contributed by atoms with E-state index in [9.17, 15) is 8.78 Å². The van der Waals surface area contributed by atoms with Crippen molar-refractivity contribution in [1.82, 2.24) is 5.32 Å². The highest BCUT2D eigenvalue weighted by Gasteiger charge is 2.09. The van der Waals surface area contributed by atoms with Crippen molar-refractivity contribution in [2.45, 2.75) is 13.2 Å². The molecule has 0 aliphatic rings. The molecule has 0 bridgehead atoms. The number of nitrogens with one attached hydrogen (secondary N) is 1. The lowest BCUT2D eigenvalue weighted by atomic mass is 10.2. The van der Waals surface area contributed by atoms with Crippen molar-refractivity contribution < 1.29 is 13.5 Å². The monoisotopic (exact) mass is 297 g/mol. The van der Waals surface area contributed by atoms with E-state index in [1.165, 1.54) is 0 Å². The van der Waals surface area contributed by atoms with Crippen molar-refractivity contribution >= 4 is 11.6 Å². The van der Waals surface area contributed by atoms with Crippen LogP contribution in [0.25, 0.3) is 0 Å². The fourth-order valence-corrected chi connectivity index (χ4v) is 2.06. The number of ether oxygens (including phenoxy) is 1. The van der Waals surface area contributed by atoms with Crippen molar-refractivity contribution in [3.8, 4) is 5.75 Å². The first-order valence-corrected chi connectivity index (χ1v) is 6.48. The summed E-state index contributed by atoms with van der Waals surface area (Å²) in [5.41, 5.74) is 0.953. The molecular weight excluding hydrogens is 284 g/mol. The highest BCUT2D eigenvalue weighted by molar-refractivity contribution is 6.31. The second-order valence-electron chi connectivity index (χ2n) is 4.27. The molecule has 2 aromatic carbocycles. The lowest BCUT2D eigenvalue weighted by molar-refractivity contribution is 0.295. The third kappa shape index (κ3) is 3.46. The first-order chi connectivity index (χ1) is 9.61. The van der Waals surface area contributed by atoms with E-state index in [0.717, 1.165) is 23.8 Å². The van der Waals surface area contributed by atoms with E-state index >= 15 is 0 Å². The molecule has 0 aromatic heterocycles. The summed E-state index contributed by atoms with van der Waals surface area (Å²) < 4.78 is 32.2. The minimum absolute atomic E-state index is 0.0549. The fourth-order valence-electron chi connectivity index (χ4n) is 1.83. The van der Waals surface area contributed by atoms with Crippen molar-refractivity contribution in [3.05, 3.63) is 64.2 Å². The number of halogens is 3. The molecule has 0 heterocycles. The van der Waals surface area contributed by atoms with E-state index in [1.54, 1.807) is 25.2 Å². The average molecular weight is 298 g/mol. The van der Waals surface area contributed by atoms with Gasteiger partial charge in [0.1, 0.15) is 24.0 Å². The smallest absolute Gasteiger partial charge is 0.130 e. The lowest BCUT2D eigenvalue weighted by Gasteiger charge is -2.13. The molecule has 0 atom stereocenters. The maximum atomic E-state index is 13.5. The summed E-state index contributed by atoms with van der Waals surface area (Å²) in [4.78, 5) is 0. The zero-order valence-corrected chi connectivity index (χ0v) is 11.7. The maximum absolute atomic E-state index is 13.5. The highest BCUT2D eigenvalue weighted by atomic mass is 35.5. The highest BCUT2D eigenvalue weighted by Crippen LogP contribution is 2.27. The van der Waals surface area contributed by atoms with Crippen LogP contribution in [0.4, 0.5) is 8.78 Å². The molecule has 20 heavy (non-hydrogen) atoms. The second-order valence-corrected chi connectivity index (χ2v) is 4.68. The Balaban J connectivity index is 2.18.